The van der Waals surface area contributed by atoms with Gasteiger partial charge >= 0.3 is 0 Å². The number of hydrogen-bond donors (Lipinski definition) is 2. The van der Waals surface area contributed by atoms with E-state index in [9.17, 15) is 9.59 Å². The molecule has 0 saturated carbocycles. The fourth-order valence-corrected chi connectivity index (χ4v) is 2.48. The van der Waals surface area contributed by atoms with Gasteiger partial charge in [0.15, 0.2) is 0 Å². The van der Waals surface area contributed by atoms with Crippen molar-refractivity contribution in [1.29, 1.82) is 0 Å². The number of aryl methyl sites for hydroxylation is 2. The Morgan fingerprint density at radius 2 is 1.90 bits per heavy atom. The quantitative estimate of drug-likeness (QED) is 0.773. The van der Waals surface area contributed by atoms with Crippen LogP contribution in [-0.4, -0.2) is 17.4 Å². The van der Waals surface area contributed by atoms with E-state index in [0.717, 1.165) is 43.4 Å². The summed E-state index contributed by atoms with van der Waals surface area (Å²) in [7, 11) is 0. The van der Waals surface area contributed by atoms with Crippen molar-refractivity contribution in [1.82, 2.24) is 10.3 Å². The maximum atomic E-state index is 12.2. The van der Waals surface area contributed by atoms with Gasteiger partial charge in [0.2, 0.25) is 0 Å². The number of aromatic nitrogens is 1. The molecule has 4 nitrogen and oxygen atoms in total. The van der Waals surface area contributed by atoms with Gasteiger partial charge in [-0.15, -0.1) is 0 Å². The van der Waals surface area contributed by atoms with E-state index in [0.29, 0.717) is 12.5 Å². The first kappa shape index (κ1) is 17.5. The van der Waals surface area contributed by atoms with Gasteiger partial charge in [-0.1, -0.05) is 47.0 Å². The number of H-pyrrole nitrogens is 1. The number of hydrogen-bond acceptors (Lipinski definition) is 2. The van der Waals surface area contributed by atoms with Crippen molar-refractivity contribution < 1.29 is 4.79 Å². The molecule has 1 amide bonds. The molecule has 1 aromatic heterocycles. The Balaban J connectivity index is 2.92. The van der Waals surface area contributed by atoms with Crippen LogP contribution >= 0.6 is 0 Å². The molecule has 0 aliphatic carbocycles. The minimum Gasteiger partial charge on any atom is -0.352 e. The number of nitrogens with one attached hydrogen (secondary N) is 2. The highest BCUT2D eigenvalue weighted by atomic mass is 16.2. The molecule has 1 heterocycles. The summed E-state index contributed by atoms with van der Waals surface area (Å²) in [6.07, 6.45) is 4.70. The summed E-state index contributed by atoms with van der Waals surface area (Å²) in [6.45, 7) is 8.97. The number of carbonyl (C=O) groups is 1. The molecule has 0 fully saturated rings. The zero-order valence-corrected chi connectivity index (χ0v) is 13.7. The third-order valence-electron chi connectivity index (χ3n) is 4.05. The van der Waals surface area contributed by atoms with E-state index in [1.807, 2.05) is 6.92 Å². The molecule has 0 aromatic carbocycles. The first-order chi connectivity index (χ1) is 10.1. The van der Waals surface area contributed by atoms with Crippen LogP contribution in [0.25, 0.3) is 0 Å². The van der Waals surface area contributed by atoms with Crippen molar-refractivity contribution in [2.24, 2.45) is 5.92 Å². The van der Waals surface area contributed by atoms with Gasteiger partial charge in [0.05, 0.1) is 0 Å². The Hall–Kier alpha value is -1.58. The van der Waals surface area contributed by atoms with Crippen LogP contribution in [0.2, 0.25) is 0 Å². The van der Waals surface area contributed by atoms with Gasteiger partial charge < -0.3 is 10.3 Å². The van der Waals surface area contributed by atoms with Crippen molar-refractivity contribution in [3.05, 3.63) is 33.2 Å². The second-order valence-corrected chi connectivity index (χ2v) is 5.51. The van der Waals surface area contributed by atoms with Crippen molar-refractivity contribution in [2.45, 2.75) is 59.8 Å². The van der Waals surface area contributed by atoms with Gasteiger partial charge in [0.25, 0.3) is 11.5 Å². The largest absolute Gasteiger partial charge is 0.352 e. The van der Waals surface area contributed by atoms with Crippen LogP contribution < -0.4 is 10.9 Å². The third-order valence-corrected chi connectivity index (χ3v) is 4.05. The molecule has 0 aliphatic heterocycles. The molecule has 2 N–H and O–H groups in total. The fourth-order valence-electron chi connectivity index (χ4n) is 2.48. The molecule has 118 valence electrons. The van der Waals surface area contributed by atoms with Crippen molar-refractivity contribution in [3.63, 3.8) is 0 Å². The van der Waals surface area contributed by atoms with Gasteiger partial charge in [-0.05, 0) is 30.4 Å². The molecule has 4 heteroatoms. The molecule has 0 saturated heterocycles. The maximum absolute atomic E-state index is 12.2. The van der Waals surface area contributed by atoms with Crippen molar-refractivity contribution in [2.75, 3.05) is 6.54 Å². The third kappa shape index (κ3) is 4.73. The normalized spacial score (nSPS) is 10.9. The number of aromatic amines is 1. The minimum atomic E-state index is -0.280. The summed E-state index contributed by atoms with van der Waals surface area (Å²) < 4.78 is 0. The SMILES string of the molecule is CCCc1[nH]c(=O)c(C(=O)NCC(CC)CC)cc1CC. The Kier molecular flexibility index (Phi) is 7.20. The molecule has 21 heavy (non-hydrogen) atoms. The van der Waals surface area contributed by atoms with Gasteiger partial charge in [0, 0.05) is 12.2 Å². The molecule has 1 rings (SSSR count). The van der Waals surface area contributed by atoms with Gasteiger partial charge in [-0.2, -0.15) is 0 Å². The molecule has 1 aromatic rings. The number of carbonyl (C=O) groups excluding carboxylic acids is 1. The average molecular weight is 292 g/mol. The second kappa shape index (κ2) is 8.65. The summed E-state index contributed by atoms with van der Waals surface area (Å²) in [4.78, 5) is 27.2. The molecule has 0 radical (unpaired) electrons. The molecular weight excluding hydrogens is 264 g/mol. The number of pyridine rings is 1. The summed E-state index contributed by atoms with van der Waals surface area (Å²) in [5, 5.41) is 2.89. The zero-order chi connectivity index (χ0) is 15.8. The van der Waals surface area contributed by atoms with E-state index in [1.54, 1.807) is 6.07 Å². The minimum absolute atomic E-state index is 0.234. The van der Waals surface area contributed by atoms with E-state index < -0.39 is 0 Å². The predicted molar refractivity (Wildman–Crippen MR) is 86.8 cm³/mol. The number of rotatable bonds is 8. The molecule has 0 aliphatic rings. The molecular formula is C17H28N2O2. The summed E-state index contributed by atoms with van der Waals surface area (Å²) in [5.41, 5.74) is 1.97. The van der Waals surface area contributed by atoms with Gasteiger partial charge in [-0.3, -0.25) is 9.59 Å². The maximum Gasteiger partial charge on any atom is 0.261 e. The Morgan fingerprint density at radius 3 is 2.43 bits per heavy atom. The molecule has 0 atom stereocenters. The lowest BCUT2D eigenvalue weighted by molar-refractivity contribution is 0.0944. The van der Waals surface area contributed by atoms with Crippen LogP contribution in [0.1, 0.15) is 68.6 Å². The highest BCUT2D eigenvalue weighted by molar-refractivity contribution is 5.94. The van der Waals surface area contributed by atoms with E-state index in [-0.39, 0.29) is 17.0 Å². The van der Waals surface area contributed by atoms with Crippen LogP contribution in [0, 0.1) is 5.92 Å². The lowest BCUT2D eigenvalue weighted by Gasteiger charge is -2.14. The van der Waals surface area contributed by atoms with Crippen LogP contribution in [0.5, 0.6) is 0 Å². The Morgan fingerprint density at radius 1 is 1.24 bits per heavy atom. The van der Waals surface area contributed by atoms with Crippen LogP contribution in [0.3, 0.4) is 0 Å². The monoisotopic (exact) mass is 292 g/mol. The standard InChI is InChI=1S/C17H28N2O2/c1-5-9-15-13(8-4)10-14(17(21)19-15)16(20)18-11-12(6-2)7-3/h10,12H,5-9,11H2,1-4H3,(H,18,20)(H,19,21). The Labute approximate surface area is 127 Å². The topological polar surface area (TPSA) is 62.0 Å². The second-order valence-electron chi connectivity index (χ2n) is 5.51. The van der Waals surface area contributed by atoms with Gasteiger partial charge in [-0.25, -0.2) is 0 Å². The van der Waals surface area contributed by atoms with Crippen LogP contribution in [0.4, 0.5) is 0 Å². The van der Waals surface area contributed by atoms with E-state index in [1.165, 1.54) is 0 Å². The summed E-state index contributed by atoms with van der Waals surface area (Å²) in [6, 6.07) is 1.76. The first-order valence-electron chi connectivity index (χ1n) is 8.10. The van der Waals surface area contributed by atoms with E-state index >= 15 is 0 Å². The summed E-state index contributed by atoms with van der Waals surface area (Å²) >= 11 is 0. The summed E-state index contributed by atoms with van der Waals surface area (Å²) in [5.74, 6) is 0.207. The molecule has 0 unspecified atom stereocenters. The lowest BCUT2D eigenvalue weighted by atomic mass is 10.0. The molecule has 0 spiro atoms. The highest BCUT2D eigenvalue weighted by Crippen LogP contribution is 2.10. The van der Waals surface area contributed by atoms with Crippen LogP contribution in [-0.2, 0) is 12.8 Å². The van der Waals surface area contributed by atoms with Crippen molar-refractivity contribution >= 4 is 5.91 Å². The van der Waals surface area contributed by atoms with E-state index in [4.69, 9.17) is 0 Å². The fraction of sp³-hybridized carbons (Fsp3) is 0.647. The highest BCUT2D eigenvalue weighted by Gasteiger charge is 2.15. The molecule has 0 bridgehead atoms. The first-order valence-corrected chi connectivity index (χ1v) is 8.10. The van der Waals surface area contributed by atoms with E-state index in [2.05, 4.69) is 31.1 Å². The lowest BCUT2D eigenvalue weighted by Crippen LogP contribution is -2.33. The number of amides is 1. The van der Waals surface area contributed by atoms with Gasteiger partial charge in [0.1, 0.15) is 5.56 Å². The Bertz CT molecular complexity index is 516. The average Bonchev–Trinajstić information content (AvgIpc) is 2.48. The zero-order valence-electron chi connectivity index (χ0n) is 13.7. The predicted octanol–water partition coefficient (Wildman–Crippen LogP) is 3.06. The smallest absolute Gasteiger partial charge is 0.261 e. The van der Waals surface area contributed by atoms with Crippen LogP contribution in [0.15, 0.2) is 10.9 Å². The van der Waals surface area contributed by atoms with Crippen molar-refractivity contribution in [3.8, 4) is 0 Å².